The predicted octanol–water partition coefficient (Wildman–Crippen LogP) is 3.78. The van der Waals surface area contributed by atoms with Crippen molar-refractivity contribution < 1.29 is 14.4 Å². The molecule has 1 unspecified atom stereocenters. The van der Waals surface area contributed by atoms with Crippen molar-refractivity contribution in [1.29, 1.82) is 0 Å². The van der Waals surface area contributed by atoms with Crippen molar-refractivity contribution in [3.63, 3.8) is 0 Å². The van der Waals surface area contributed by atoms with Crippen LogP contribution >= 0.6 is 0 Å². The minimum Gasteiger partial charge on any atom is -0.497 e. The molecule has 2 aromatic heterocycles. The summed E-state index contributed by atoms with van der Waals surface area (Å²) in [6.07, 6.45) is 8.20. The summed E-state index contributed by atoms with van der Waals surface area (Å²) in [6, 6.07) is 7.83. The molecule has 0 aliphatic heterocycles. The molecule has 3 aromatic rings. The highest BCUT2D eigenvalue weighted by Crippen LogP contribution is 2.29. The van der Waals surface area contributed by atoms with Gasteiger partial charge < -0.3 is 15.4 Å². The maximum Gasteiger partial charge on any atom is 0.255 e. The fraction of sp³-hybridized carbons (Fsp3) is 0.400. The van der Waals surface area contributed by atoms with E-state index >= 15 is 0 Å². The number of hydrogen-bond donors (Lipinski definition) is 3. The van der Waals surface area contributed by atoms with Gasteiger partial charge in [0.1, 0.15) is 5.75 Å². The molecule has 180 valence electrons. The molecule has 9 nitrogen and oxygen atoms in total. The summed E-state index contributed by atoms with van der Waals surface area (Å²) in [4.78, 5) is 23.1. The molecule has 2 heterocycles. The minimum atomic E-state index is -0.179. The van der Waals surface area contributed by atoms with E-state index in [1.54, 1.807) is 19.5 Å². The van der Waals surface area contributed by atoms with Crippen molar-refractivity contribution in [2.75, 3.05) is 19.0 Å². The van der Waals surface area contributed by atoms with Gasteiger partial charge in [0.2, 0.25) is 0 Å². The first kappa shape index (κ1) is 23.6. The molecule has 0 spiro atoms. The number of nitrogens with one attached hydrogen (secondary N) is 3. The topological polar surface area (TPSA) is 102 Å². The number of fused-ring (bicyclic) bond motifs is 1. The Bertz CT molecular complexity index is 1160. The van der Waals surface area contributed by atoms with Gasteiger partial charge in [-0.15, -0.1) is 0 Å². The van der Waals surface area contributed by atoms with E-state index in [-0.39, 0.29) is 11.9 Å². The molecule has 0 bridgehead atoms. The number of aryl methyl sites for hydroxylation is 1. The first-order chi connectivity index (χ1) is 16.6. The number of pyridine rings is 1. The number of hydrogen-bond acceptors (Lipinski definition) is 7. The number of carbonyl (C=O) groups excluding carboxylic acids is 1. The van der Waals surface area contributed by atoms with Crippen molar-refractivity contribution in [3.8, 4) is 5.75 Å². The lowest BCUT2D eigenvalue weighted by Crippen LogP contribution is -2.28. The highest BCUT2D eigenvalue weighted by Gasteiger charge is 2.22. The SMILES string of the molecule is CCONC1=CCC(Nc2c(C(=O)NCc3ccc(OC)cc3)cnc3c2cnn3CC)CC1. The van der Waals surface area contributed by atoms with Gasteiger partial charge in [-0.05, 0) is 50.8 Å². The van der Waals surface area contributed by atoms with Crippen molar-refractivity contribution in [1.82, 2.24) is 25.6 Å². The number of amides is 1. The molecule has 0 saturated heterocycles. The Hall–Kier alpha value is -3.59. The maximum absolute atomic E-state index is 13.2. The summed E-state index contributed by atoms with van der Waals surface area (Å²) in [5, 5.41) is 11.9. The Labute approximate surface area is 199 Å². The third kappa shape index (κ3) is 5.31. The van der Waals surface area contributed by atoms with E-state index in [0.29, 0.717) is 25.3 Å². The minimum absolute atomic E-state index is 0.179. The Morgan fingerprint density at radius 2 is 2.03 bits per heavy atom. The third-order valence-electron chi connectivity index (χ3n) is 5.93. The zero-order valence-electron chi connectivity index (χ0n) is 19.9. The van der Waals surface area contributed by atoms with E-state index in [4.69, 9.17) is 9.57 Å². The first-order valence-corrected chi connectivity index (χ1v) is 11.7. The number of ether oxygens (including phenoxy) is 1. The zero-order chi connectivity index (χ0) is 23.9. The summed E-state index contributed by atoms with van der Waals surface area (Å²) in [5.74, 6) is 0.604. The van der Waals surface area contributed by atoms with Gasteiger partial charge in [-0.25, -0.2) is 9.67 Å². The number of benzene rings is 1. The smallest absolute Gasteiger partial charge is 0.255 e. The molecule has 0 fully saturated rings. The molecule has 1 atom stereocenters. The molecular formula is C25H32N6O3. The molecule has 34 heavy (non-hydrogen) atoms. The number of carbonyl (C=O) groups is 1. The lowest BCUT2D eigenvalue weighted by molar-refractivity contribution is 0.0696. The number of anilines is 1. The molecule has 1 aliphatic carbocycles. The molecule has 1 amide bonds. The van der Waals surface area contributed by atoms with E-state index in [9.17, 15) is 4.79 Å². The van der Waals surface area contributed by atoms with Crippen LogP contribution in [0.2, 0.25) is 0 Å². The number of hydroxylamine groups is 1. The predicted molar refractivity (Wildman–Crippen MR) is 131 cm³/mol. The van der Waals surface area contributed by atoms with Crippen LogP contribution in [0, 0.1) is 0 Å². The van der Waals surface area contributed by atoms with E-state index in [1.165, 1.54) is 0 Å². The van der Waals surface area contributed by atoms with Crippen molar-refractivity contribution in [3.05, 3.63) is 59.6 Å². The molecule has 0 radical (unpaired) electrons. The normalized spacial score (nSPS) is 15.6. The average Bonchev–Trinajstić information content (AvgIpc) is 3.31. The second-order valence-electron chi connectivity index (χ2n) is 8.16. The second-order valence-corrected chi connectivity index (χ2v) is 8.16. The molecule has 0 saturated carbocycles. The largest absolute Gasteiger partial charge is 0.497 e. The zero-order valence-corrected chi connectivity index (χ0v) is 19.9. The van der Waals surface area contributed by atoms with E-state index in [1.807, 2.05) is 42.8 Å². The van der Waals surface area contributed by atoms with Crippen LogP contribution in [0.3, 0.4) is 0 Å². The molecule has 1 aromatic carbocycles. The Morgan fingerprint density at radius 1 is 1.21 bits per heavy atom. The Morgan fingerprint density at radius 3 is 2.71 bits per heavy atom. The van der Waals surface area contributed by atoms with Crippen molar-refractivity contribution in [2.45, 2.75) is 52.2 Å². The van der Waals surface area contributed by atoms with Crippen LogP contribution in [0.15, 0.2) is 48.4 Å². The van der Waals surface area contributed by atoms with Crippen molar-refractivity contribution in [2.24, 2.45) is 0 Å². The lowest BCUT2D eigenvalue weighted by atomic mass is 9.98. The van der Waals surface area contributed by atoms with Gasteiger partial charge in [0.15, 0.2) is 5.65 Å². The van der Waals surface area contributed by atoms with Gasteiger partial charge >= 0.3 is 0 Å². The van der Waals surface area contributed by atoms with E-state index in [0.717, 1.165) is 53.0 Å². The van der Waals surface area contributed by atoms with Gasteiger partial charge in [-0.2, -0.15) is 5.10 Å². The van der Waals surface area contributed by atoms with Crippen LogP contribution in [-0.2, 0) is 17.9 Å². The summed E-state index contributed by atoms with van der Waals surface area (Å²) in [6.45, 7) is 5.71. The quantitative estimate of drug-likeness (QED) is 0.393. The second kappa shape index (κ2) is 11.0. The fourth-order valence-electron chi connectivity index (χ4n) is 4.03. The van der Waals surface area contributed by atoms with Crippen LogP contribution in [0.1, 0.15) is 49.0 Å². The summed E-state index contributed by atoms with van der Waals surface area (Å²) >= 11 is 0. The van der Waals surface area contributed by atoms with Gasteiger partial charge in [-0.1, -0.05) is 18.2 Å². The lowest BCUT2D eigenvalue weighted by Gasteiger charge is -2.25. The highest BCUT2D eigenvalue weighted by molar-refractivity contribution is 6.06. The summed E-state index contributed by atoms with van der Waals surface area (Å²) in [5.41, 5.74) is 7.14. The Balaban J connectivity index is 1.54. The molecule has 1 aliphatic rings. The number of aromatic nitrogens is 3. The Kier molecular flexibility index (Phi) is 7.64. The molecule has 4 rings (SSSR count). The third-order valence-corrected chi connectivity index (χ3v) is 5.93. The number of allylic oxidation sites excluding steroid dienone is 1. The highest BCUT2D eigenvalue weighted by atomic mass is 16.6. The van der Waals surface area contributed by atoms with E-state index < -0.39 is 0 Å². The first-order valence-electron chi connectivity index (χ1n) is 11.7. The van der Waals surface area contributed by atoms with Gasteiger partial charge in [0, 0.05) is 31.0 Å². The van der Waals surface area contributed by atoms with Gasteiger partial charge in [0.05, 0.1) is 36.6 Å². The standard InChI is InChI=1S/C25H32N6O3/c1-4-31-24-21(16-28-31)23(29-18-8-10-19(11-9-18)30-34-5-2)22(15-26-24)25(32)27-14-17-6-12-20(33-3)13-7-17/h6-7,10,12-13,15-16,18,30H,4-5,8-9,11,14H2,1-3H3,(H,26,29)(H,27,32). The van der Waals surface area contributed by atoms with Crippen LogP contribution in [-0.4, -0.2) is 40.4 Å². The number of methoxy groups -OCH3 is 1. The van der Waals surface area contributed by atoms with E-state index in [2.05, 4.69) is 32.3 Å². The van der Waals surface area contributed by atoms with Crippen LogP contribution in [0.4, 0.5) is 5.69 Å². The van der Waals surface area contributed by atoms with Gasteiger partial charge in [0.25, 0.3) is 5.91 Å². The summed E-state index contributed by atoms with van der Waals surface area (Å²) < 4.78 is 7.04. The van der Waals surface area contributed by atoms with Crippen LogP contribution in [0.5, 0.6) is 5.75 Å². The maximum atomic E-state index is 13.2. The number of nitrogens with zero attached hydrogens (tertiary/aromatic N) is 3. The fourth-order valence-corrected chi connectivity index (χ4v) is 4.03. The van der Waals surface area contributed by atoms with Crippen molar-refractivity contribution >= 4 is 22.6 Å². The van der Waals surface area contributed by atoms with Crippen LogP contribution in [0.25, 0.3) is 11.0 Å². The molecule has 3 N–H and O–H groups in total. The van der Waals surface area contributed by atoms with Crippen LogP contribution < -0.4 is 20.9 Å². The molecule has 9 heteroatoms. The van der Waals surface area contributed by atoms with Gasteiger partial charge in [-0.3, -0.25) is 15.1 Å². The summed E-state index contributed by atoms with van der Waals surface area (Å²) in [7, 11) is 1.63. The average molecular weight is 465 g/mol. The number of rotatable bonds is 10. The monoisotopic (exact) mass is 464 g/mol. The molecular weight excluding hydrogens is 432 g/mol.